The molecule has 3 aliphatic rings. The van der Waals surface area contributed by atoms with E-state index in [9.17, 15) is 14.4 Å². The molecular weight excluding hydrogens is 484 g/mol. The Hall–Kier alpha value is -4.22. The summed E-state index contributed by atoms with van der Waals surface area (Å²) in [6.45, 7) is 0. The van der Waals surface area contributed by atoms with E-state index in [1.165, 1.54) is 4.90 Å². The zero-order valence-corrected chi connectivity index (χ0v) is 20.4. The molecule has 0 aromatic heterocycles. The van der Waals surface area contributed by atoms with Crippen molar-refractivity contribution in [1.29, 1.82) is 0 Å². The van der Waals surface area contributed by atoms with Gasteiger partial charge in [0, 0.05) is 16.8 Å². The van der Waals surface area contributed by atoms with Gasteiger partial charge in [0.2, 0.25) is 11.8 Å². The van der Waals surface area contributed by atoms with Gasteiger partial charge in [-0.05, 0) is 64.4 Å². The molecule has 4 atom stereocenters. The van der Waals surface area contributed by atoms with Crippen molar-refractivity contribution >= 4 is 51.7 Å². The molecule has 2 fully saturated rings. The maximum Gasteiger partial charge on any atom is 0.240 e. The van der Waals surface area contributed by atoms with Crippen LogP contribution < -0.4 is 4.90 Å². The van der Waals surface area contributed by atoms with Crippen LogP contribution in [0.25, 0.3) is 16.8 Å². The first-order valence-electron chi connectivity index (χ1n) is 12.2. The van der Waals surface area contributed by atoms with Crippen molar-refractivity contribution in [3.05, 3.63) is 119 Å². The molecule has 0 saturated carbocycles. The summed E-state index contributed by atoms with van der Waals surface area (Å²) in [4.78, 5) is 45.3. The van der Waals surface area contributed by atoms with Crippen LogP contribution in [0.15, 0.2) is 97.2 Å². The molecule has 3 heterocycles. The summed E-state index contributed by atoms with van der Waals surface area (Å²) in [6.07, 6.45) is 3.82. The summed E-state index contributed by atoms with van der Waals surface area (Å²) >= 11 is 6.06. The molecule has 7 rings (SSSR count). The van der Waals surface area contributed by atoms with Crippen molar-refractivity contribution in [1.82, 2.24) is 4.90 Å². The Bertz CT molecular complexity index is 1640. The topological polar surface area (TPSA) is 57.7 Å². The third kappa shape index (κ3) is 3.20. The Balaban J connectivity index is 1.37. The summed E-state index contributed by atoms with van der Waals surface area (Å²) in [5.41, 5.74) is 2.94. The number of anilines is 1. The van der Waals surface area contributed by atoms with E-state index < -0.39 is 23.9 Å². The Morgan fingerprint density at radius 3 is 2.27 bits per heavy atom. The number of amides is 2. The number of hydrogen-bond donors (Lipinski definition) is 0. The van der Waals surface area contributed by atoms with E-state index in [2.05, 4.69) is 0 Å². The second kappa shape index (κ2) is 8.15. The summed E-state index contributed by atoms with van der Waals surface area (Å²) in [5, 5.41) is 2.50. The molecule has 180 valence electrons. The number of nitrogens with zero attached hydrogens (tertiary/aromatic N) is 2. The molecular formula is C31H21ClN2O3. The van der Waals surface area contributed by atoms with Crippen molar-refractivity contribution in [2.24, 2.45) is 11.8 Å². The van der Waals surface area contributed by atoms with Crippen LogP contribution in [0.2, 0.25) is 5.02 Å². The molecule has 3 aliphatic heterocycles. The SMILES string of the molecule is O=C(c1ccc(Cl)cc1)[C@@H]1[C@@H]2C(=O)N(c3ccc4ccccc4c3)C(=O)[C@@H]2C2c3ccccc3C=CN21. The molecule has 6 heteroatoms. The van der Waals surface area contributed by atoms with E-state index in [0.29, 0.717) is 16.3 Å². The predicted octanol–water partition coefficient (Wildman–Crippen LogP) is 5.89. The minimum Gasteiger partial charge on any atom is -0.358 e. The first-order chi connectivity index (χ1) is 18.0. The zero-order valence-electron chi connectivity index (χ0n) is 19.6. The van der Waals surface area contributed by atoms with Crippen LogP contribution in [-0.2, 0) is 9.59 Å². The first kappa shape index (κ1) is 22.0. The lowest BCUT2D eigenvalue weighted by Crippen LogP contribution is -2.44. The van der Waals surface area contributed by atoms with E-state index in [1.807, 2.05) is 83.9 Å². The Labute approximate surface area is 218 Å². The zero-order chi connectivity index (χ0) is 25.3. The summed E-state index contributed by atoms with van der Waals surface area (Å²) in [6, 6.07) is 26.8. The molecule has 1 unspecified atom stereocenters. The summed E-state index contributed by atoms with van der Waals surface area (Å²) < 4.78 is 0. The number of carbonyl (C=O) groups excluding carboxylic acids is 3. The van der Waals surface area contributed by atoms with Crippen molar-refractivity contribution in [2.75, 3.05) is 4.90 Å². The maximum absolute atomic E-state index is 14.1. The van der Waals surface area contributed by atoms with Gasteiger partial charge in [-0.1, -0.05) is 66.2 Å². The second-order valence-corrected chi connectivity index (χ2v) is 10.2. The van der Waals surface area contributed by atoms with Gasteiger partial charge in [-0.2, -0.15) is 0 Å². The van der Waals surface area contributed by atoms with Crippen LogP contribution >= 0.6 is 11.6 Å². The number of halogens is 1. The lowest BCUT2D eigenvalue weighted by atomic mass is 9.83. The molecule has 4 aromatic carbocycles. The minimum absolute atomic E-state index is 0.195. The van der Waals surface area contributed by atoms with Crippen LogP contribution in [0.3, 0.4) is 0 Å². The molecule has 0 bridgehead atoms. The highest BCUT2D eigenvalue weighted by atomic mass is 35.5. The fourth-order valence-electron chi connectivity index (χ4n) is 6.21. The summed E-state index contributed by atoms with van der Waals surface area (Å²) in [5.74, 6) is -2.27. The van der Waals surface area contributed by atoms with Crippen LogP contribution in [0, 0.1) is 11.8 Å². The highest BCUT2D eigenvalue weighted by Gasteiger charge is 2.64. The van der Waals surface area contributed by atoms with Gasteiger partial charge in [0.15, 0.2) is 5.78 Å². The number of imide groups is 1. The second-order valence-electron chi connectivity index (χ2n) is 9.75. The Kier molecular flexibility index (Phi) is 4.85. The standard InChI is InChI=1S/C31H21ClN2O3/c32-22-12-9-20(10-13-22)29(35)28-26-25(27-24-8-4-3-6-19(24)15-16-33(27)28)30(36)34(31(26)37)23-14-11-18-5-1-2-7-21(18)17-23/h1-17,25-28H/t25-,26+,27?,28-/m0/s1. The quantitative estimate of drug-likeness (QED) is 0.258. The summed E-state index contributed by atoms with van der Waals surface area (Å²) in [7, 11) is 0. The van der Waals surface area contributed by atoms with E-state index in [0.717, 1.165) is 21.9 Å². The van der Waals surface area contributed by atoms with Crippen molar-refractivity contribution in [3.63, 3.8) is 0 Å². The number of benzene rings is 4. The molecule has 37 heavy (non-hydrogen) atoms. The highest BCUT2D eigenvalue weighted by Crippen LogP contribution is 2.53. The smallest absolute Gasteiger partial charge is 0.240 e. The van der Waals surface area contributed by atoms with Crippen LogP contribution in [0.1, 0.15) is 27.5 Å². The van der Waals surface area contributed by atoms with Crippen LogP contribution in [-0.4, -0.2) is 28.5 Å². The number of ketones is 1. The van der Waals surface area contributed by atoms with Gasteiger partial charge in [0.05, 0.1) is 23.6 Å². The van der Waals surface area contributed by atoms with E-state index >= 15 is 0 Å². The Morgan fingerprint density at radius 1 is 0.757 bits per heavy atom. The predicted molar refractivity (Wildman–Crippen MR) is 143 cm³/mol. The fourth-order valence-corrected chi connectivity index (χ4v) is 6.34. The van der Waals surface area contributed by atoms with E-state index in [4.69, 9.17) is 11.6 Å². The number of rotatable bonds is 3. The molecule has 5 nitrogen and oxygen atoms in total. The monoisotopic (exact) mass is 504 g/mol. The first-order valence-corrected chi connectivity index (χ1v) is 12.6. The van der Waals surface area contributed by atoms with Crippen LogP contribution in [0.5, 0.6) is 0 Å². The van der Waals surface area contributed by atoms with E-state index in [-0.39, 0.29) is 17.6 Å². The Morgan fingerprint density at radius 2 is 1.46 bits per heavy atom. The molecule has 2 saturated heterocycles. The van der Waals surface area contributed by atoms with Crippen molar-refractivity contribution in [3.8, 4) is 0 Å². The average molecular weight is 505 g/mol. The minimum atomic E-state index is -0.803. The van der Waals surface area contributed by atoms with Gasteiger partial charge in [-0.15, -0.1) is 0 Å². The van der Waals surface area contributed by atoms with Crippen molar-refractivity contribution < 1.29 is 14.4 Å². The number of fused-ring (bicyclic) bond motifs is 6. The lowest BCUT2D eigenvalue weighted by Gasteiger charge is -2.35. The molecule has 4 aromatic rings. The van der Waals surface area contributed by atoms with E-state index in [1.54, 1.807) is 24.3 Å². The average Bonchev–Trinajstić information content (AvgIpc) is 3.40. The normalized spacial score (nSPS) is 23.8. The van der Waals surface area contributed by atoms with Gasteiger partial charge in [-0.25, -0.2) is 4.90 Å². The van der Waals surface area contributed by atoms with Gasteiger partial charge in [0.1, 0.15) is 6.04 Å². The number of Topliss-reactive ketones (excluding diaryl/α,β-unsaturated/α-hetero) is 1. The lowest BCUT2D eigenvalue weighted by molar-refractivity contribution is -0.123. The fraction of sp³-hybridized carbons (Fsp3) is 0.129. The number of hydrogen-bond acceptors (Lipinski definition) is 4. The third-order valence-electron chi connectivity index (χ3n) is 7.85. The molecule has 2 amide bonds. The van der Waals surface area contributed by atoms with Gasteiger partial charge >= 0.3 is 0 Å². The molecule has 0 spiro atoms. The van der Waals surface area contributed by atoms with Gasteiger partial charge in [0.25, 0.3) is 0 Å². The van der Waals surface area contributed by atoms with Gasteiger partial charge in [-0.3, -0.25) is 14.4 Å². The largest absolute Gasteiger partial charge is 0.358 e. The molecule has 0 N–H and O–H groups in total. The maximum atomic E-state index is 14.1. The number of carbonyl (C=O) groups is 3. The van der Waals surface area contributed by atoms with Crippen molar-refractivity contribution in [2.45, 2.75) is 12.1 Å². The molecule has 0 radical (unpaired) electrons. The third-order valence-corrected chi connectivity index (χ3v) is 8.10. The molecule has 0 aliphatic carbocycles. The highest BCUT2D eigenvalue weighted by molar-refractivity contribution is 6.30. The van der Waals surface area contributed by atoms with Crippen LogP contribution in [0.4, 0.5) is 5.69 Å². The van der Waals surface area contributed by atoms with Gasteiger partial charge < -0.3 is 4.90 Å².